The maximum absolute atomic E-state index is 12.7. The molecule has 0 rings (SSSR count). The van der Waals surface area contributed by atoms with E-state index in [2.05, 4.69) is 5.16 Å². The minimum absolute atomic E-state index is 0.268. The summed E-state index contributed by atoms with van der Waals surface area (Å²) in [6, 6.07) is 0. The number of halogens is 3. The Bertz CT molecular complexity index is 243. The van der Waals surface area contributed by atoms with Gasteiger partial charge in [0, 0.05) is 6.54 Å². The fourth-order valence-electron chi connectivity index (χ4n) is 1.45. The second-order valence-electron chi connectivity index (χ2n) is 3.87. The van der Waals surface area contributed by atoms with E-state index in [1.54, 1.807) is 11.8 Å². The first-order valence-corrected chi connectivity index (χ1v) is 5.63. The molecule has 0 bridgehead atoms. The van der Waals surface area contributed by atoms with Crippen molar-refractivity contribution in [1.29, 1.82) is 0 Å². The number of hydrogen-bond donors (Lipinski definition) is 2. The molecule has 3 N–H and O–H groups in total. The molecule has 0 aliphatic carbocycles. The van der Waals surface area contributed by atoms with E-state index < -0.39 is 17.9 Å². The van der Waals surface area contributed by atoms with E-state index in [4.69, 9.17) is 10.9 Å². The molecular formula is C10H20F3N3O. The van der Waals surface area contributed by atoms with Crippen LogP contribution in [0.1, 0.15) is 26.7 Å². The van der Waals surface area contributed by atoms with E-state index in [0.717, 1.165) is 12.8 Å². The average molecular weight is 255 g/mol. The molecule has 0 radical (unpaired) electrons. The standard InChI is InChI=1S/C10H20F3N3O/c1-3-5-6-16(4-2)7-8(9(14)15-17)10(11,12)13/h8,17H,3-7H2,1-2H3,(H2,14,15). The van der Waals surface area contributed by atoms with Crippen molar-refractivity contribution < 1.29 is 18.4 Å². The Hall–Kier alpha value is -0.980. The van der Waals surface area contributed by atoms with Gasteiger partial charge in [-0.15, -0.1) is 0 Å². The van der Waals surface area contributed by atoms with Crippen LogP contribution in [0.5, 0.6) is 0 Å². The van der Waals surface area contributed by atoms with Crippen LogP contribution < -0.4 is 5.73 Å². The predicted molar refractivity (Wildman–Crippen MR) is 60.0 cm³/mol. The number of nitrogens with zero attached hydrogens (tertiary/aromatic N) is 2. The molecule has 7 heteroatoms. The van der Waals surface area contributed by atoms with Crippen molar-refractivity contribution in [3.8, 4) is 0 Å². The monoisotopic (exact) mass is 255 g/mol. The Morgan fingerprint density at radius 2 is 2.00 bits per heavy atom. The van der Waals surface area contributed by atoms with E-state index in [1.807, 2.05) is 6.92 Å². The summed E-state index contributed by atoms with van der Waals surface area (Å²) < 4.78 is 38.0. The molecule has 4 nitrogen and oxygen atoms in total. The Balaban J connectivity index is 4.61. The lowest BCUT2D eigenvalue weighted by atomic mass is 10.1. The van der Waals surface area contributed by atoms with E-state index >= 15 is 0 Å². The van der Waals surface area contributed by atoms with Gasteiger partial charge in [0.05, 0.1) is 0 Å². The van der Waals surface area contributed by atoms with Crippen molar-refractivity contribution in [3.63, 3.8) is 0 Å². The van der Waals surface area contributed by atoms with Crippen LogP contribution in [0.25, 0.3) is 0 Å². The van der Waals surface area contributed by atoms with Gasteiger partial charge in [-0.05, 0) is 19.5 Å². The Kier molecular flexibility index (Phi) is 6.94. The van der Waals surface area contributed by atoms with Crippen molar-refractivity contribution >= 4 is 5.84 Å². The van der Waals surface area contributed by atoms with Crippen LogP contribution in [0.4, 0.5) is 13.2 Å². The molecule has 0 aliphatic rings. The zero-order valence-electron chi connectivity index (χ0n) is 10.2. The largest absolute Gasteiger partial charge is 0.409 e. The fourth-order valence-corrected chi connectivity index (χ4v) is 1.45. The highest BCUT2D eigenvalue weighted by molar-refractivity contribution is 5.83. The topological polar surface area (TPSA) is 61.8 Å². The highest BCUT2D eigenvalue weighted by Gasteiger charge is 2.43. The van der Waals surface area contributed by atoms with Crippen LogP contribution in [0.3, 0.4) is 0 Å². The normalized spacial score (nSPS) is 15.3. The summed E-state index contributed by atoms with van der Waals surface area (Å²) in [5, 5.41) is 10.8. The molecule has 0 spiro atoms. The van der Waals surface area contributed by atoms with E-state index in [-0.39, 0.29) is 6.54 Å². The Morgan fingerprint density at radius 3 is 2.35 bits per heavy atom. The van der Waals surface area contributed by atoms with Crippen molar-refractivity contribution in [2.45, 2.75) is 32.9 Å². The SMILES string of the molecule is CCCCN(CC)CC(C(N)=NO)C(F)(F)F. The van der Waals surface area contributed by atoms with Gasteiger partial charge in [0.25, 0.3) is 0 Å². The van der Waals surface area contributed by atoms with E-state index in [9.17, 15) is 13.2 Å². The average Bonchev–Trinajstić information content (AvgIpc) is 2.27. The minimum Gasteiger partial charge on any atom is -0.409 e. The zero-order chi connectivity index (χ0) is 13.5. The fraction of sp³-hybridized carbons (Fsp3) is 0.900. The number of rotatable bonds is 7. The van der Waals surface area contributed by atoms with Crippen molar-refractivity contribution in [3.05, 3.63) is 0 Å². The number of oxime groups is 1. The number of amidine groups is 1. The van der Waals surface area contributed by atoms with Gasteiger partial charge in [0.2, 0.25) is 0 Å². The van der Waals surface area contributed by atoms with Gasteiger partial charge in [-0.3, -0.25) is 0 Å². The third-order valence-corrected chi connectivity index (χ3v) is 2.58. The minimum atomic E-state index is -4.49. The number of alkyl halides is 3. The van der Waals surface area contributed by atoms with Gasteiger partial charge in [-0.25, -0.2) is 0 Å². The van der Waals surface area contributed by atoms with Crippen LogP contribution in [-0.2, 0) is 0 Å². The molecule has 1 atom stereocenters. The van der Waals surface area contributed by atoms with Crippen LogP contribution in [0.2, 0.25) is 0 Å². The summed E-state index contributed by atoms with van der Waals surface area (Å²) in [6.07, 6.45) is -2.75. The molecule has 0 amide bonds. The molecule has 0 fully saturated rings. The van der Waals surface area contributed by atoms with Gasteiger partial charge in [0.15, 0.2) is 5.84 Å². The van der Waals surface area contributed by atoms with Crippen molar-refractivity contribution in [2.24, 2.45) is 16.8 Å². The summed E-state index contributed by atoms with van der Waals surface area (Å²) in [4.78, 5) is 1.65. The van der Waals surface area contributed by atoms with Gasteiger partial charge >= 0.3 is 6.18 Å². The predicted octanol–water partition coefficient (Wildman–Crippen LogP) is 2.03. The molecule has 0 saturated carbocycles. The van der Waals surface area contributed by atoms with Crippen molar-refractivity contribution in [1.82, 2.24) is 4.90 Å². The van der Waals surface area contributed by atoms with Gasteiger partial charge in [-0.2, -0.15) is 13.2 Å². The summed E-state index contributed by atoms with van der Waals surface area (Å²) >= 11 is 0. The Morgan fingerprint density at radius 1 is 1.41 bits per heavy atom. The first-order chi connectivity index (χ1) is 7.86. The van der Waals surface area contributed by atoms with Gasteiger partial charge < -0.3 is 15.8 Å². The number of hydrogen-bond acceptors (Lipinski definition) is 3. The van der Waals surface area contributed by atoms with Crippen LogP contribution >= 0.6 is 0 Å². The molecule has 1 unspecified atom stereocenters. The molecule has 0 aromatic heterocycles. The molecule has 0 aromatic carbocycles. The maximum atomic E-state index is 12.7. The molecule has 0 aromatic rings. The van der Waals surface area contributed by atoms with E-state index in [0.29, 0.717) is 13.1 Å². The summed E-state index contributed by atoms with van der Waals surface area (Å²) in [5.41, 5.74) is 5.09. The first kappa shape index (κ1) is 16.0. The van der Waals surface area contributed by atoms with Gasteiger partial charge in [-0.1, -0.05) is 25.4 Å². The first-order valence-electron chi connectivity index (χ1n) is 5.63. The second-order valence-corrected chi connectivity index (χ2v) is 3.87. The molecule has 0 aliphatic heterocycles. The molecular weight excluding hydrogens is 235 g/mol. The third kappa shape index (κ3) is 5.76. The molecule has 102 valence electrons. The Labute approximate surface area is 99.3 Å². The lowest BCUT2D eigenvalue weighted by molar-refractivity contribution is -0.160. The second kappa shape index (κ2) is 7.37. The number of nitrogens with two attached hydrogens (primary N) is 1. The zero-order valence-corrected chi connectivity index (χ0v) is 10.2. The maximum Gasteiger partial charge on any atom is 0.400 e. The van der Waals surface area contributed by atoms with Gasteiger partial charge in [0.1, 0.15) is 5.92 Å². The quantitative estimate of drug-likeness (QED) is 0.317. The highest BCUT2D eigenvalue weighted by atomic mass is 19.4. The lowest BCUT2D eigenvalue weighted by Crippen LogP contribution is -2.44. The smallest absolute Gasteiger partial charge is 0.400 e. The van der Waals surface area contributed by atoms with Crippen molar-refractivity contribution in [2.75, 3.05) is 19.6 Å². The highest BCUT2D eigenvalue weighted by Crippen LogP contribution is 2.27. The van der Waals surface area contributed by atoms with Crippen LogP contribution in [0.15, 0.2) is 5.16 Å². The lowest BCUT2D eigenvalue weighted by Gasteiger charge is -2.27. The summed E-state index contributed by atoms with van der Waals surface area (Å²) in [6.45, 7) is 4.58. The molecule has 0 saturated heterocycles. The van der Waals surface area contributed by atoms with Crippen LogP contribution in [-0.4, -0.2) is 41.8 Å². The third-order valence-electron chi connectivity index (χ3n) is 2.58. The molecule has 0 heterocycles. The molecule has 17 heavy (non-hydrogen) atoms. The summed E-state index contributed by atoms with van der Waals surface area (Å²) in [5.74, 6) is -2.70. The summed E-state index contributed by atoms with van der Waals surface area (Å²) in [7, 11) is 0. The van der Waals surface area contributed by atoms with E-state index in [1.165, 1.54) is 0 Å². The number of unbranched alkanes of at least 4 members (excludes halogenated alkanes) is 1. The van der Waals surface area contributed by atoms with Crippen LogP contribution in [0, 0.1) is 5.92 Å².